The Hall–Kier alpha value is -2.50. The van der Waals surface area contributed by atoms with E-state index in [0.29, 0.717) is 11.2 Å². The zero-order valence-electron chi connectivity index (χ0n) is 29.9. The maximum atomic E-state index is 14.4. The Labute approximate surface area is 321 Å². The lowest BCUT2D eigenvalue weighted by atomic mass is 9.89. The van der Waals surface area contributed by atoms with Crippen LogP contribution in [0.25, 0.3) is 22.3 Å². The minimum Gasteiger partial charge on any atom is -0.408 e. The molecule has 3 aliphatic rings. The molecule has 5 N–H and O–H groups in total. The summed E-state index contributed by atoms with van der Waals surface area (Å²) in [6.45, 7) is 4.87. The highest BCUT2D eigenvalue weighted by atomic mass is 32.7. The lowest BCUT2D eigenvalue weighted by Crippen LogP contribution is -2.50. The van der Waals surface area contributed by atoms with Crippen LogP contribution in [0.5, 0.6) is 0 Å². The van der Waals surface area contributed by atoms with Crippen LogP contribution in [0.2, 0.25) is 18.1 Å². The first-order valence-corrected chi connectivity index (χ1v) is 25.0. The molecular weight excluding hydrogens is 803 g/mol. The molecule has 0 amide bonds. The standard InChI is InChI=1S/C29H42N10O10P2S2Si/c1-7-15-19-27(39-14-37-18-23(31)33-12-35-25(18)39)47-29(15,9-43-19)10-45-51(42,53)48-21-20(49-54(5,6)28(2,3)4)16(8-44-50(40,41)52)46-26(21)38-13-36-17-22(30)32-11-34-24(17)38/h7,11-16,19-21,26-27H,1,8-10H2,2-6H3,(H,42,53)(H2,30,32,34)(H2,31,33,35)(H2,40,41,52)/t15-,16+,19+,20?,21+,26+,27+,29+,51?/m0/s1. The molecule has 25 heteroatoms. The summed E-state index contributed by atoms with van der Waals surface area (Å²) in [5.41, 5.74) is 12.3. The van der Waals surface area contributed by atoms with Gasteiger partial charge in [-0.15, -0.1) is 6.58 Å². The monoisotopic (exact) mass is 844 g/mol. The Balaban J connectivity index is 1.20. The number of hydrogen-bond donors (Lipinski definition) is 5. The fraction of sp³-hybridized carbons (Fsp3) is 0.586. The largest absolute Gasteiger partial charge is 0.408 e. The Morgan fingerprint density at radius 2 is 1.59 bits per heavy atom. The second kappa shape index (κ2) is 14.2. The number of hydrogen-bond acceptors (Lipinski definition) is 17. The minimum absolute atomic E-state index is 0.0845. The summed E-state index contributed by atoms with van der Waals surface area (Å²) < 4.78 is 73.5. The zero-order valence-corrected chi connectivity index (χ0v) is 34.5. The number of nitrogen functional groups attached to an aromatic ring is 2. The second-order valence-electron chi connectivity index (χ2n) is 14.8. The molecule has 10 atom stereocenters. The lowest BCUT2D eigenvalue weighted by molar-refractivity contribution is -0.181. The number of ether oxygens (including phenoxy) is 3. The number of thiol groups is 2. The van der Waals surface area contributed by atoms with Crippen LogP contribution in [-0.4, -0.2) is 102 Å². The predicted octanol–water partition coefficient (Wildman–Crippen LogP) is 4.07. The van der Waals surface area contributed by atoms with Gasteiger partial charge in [-0.1, -0.05) is 51.3 Å². The van der Waals surface area contributed by atoms with E-state index >= 15 is 0 Å². The molecule has 2 bridgehead atoms. The summed E-state index contributed by atoms with van der Waals surface area (Å²) in [5, 5.41) is -0.312. The van der Waals surface area contributed by atoms with Gasteiger partial charge in [0.05, 0.1) is 32.5 Å². The van der Waals surface area contributed by atoms with Gasteiger partial charge in [-0.3, -0.25) is 22.7 Å². The third-order valence-electron chi connectivity index (χ3n) is 10.4. The highest BCUT2D eigenvalue weighted by Crippen LogP contribution is 2.60. The van der Waals surface area contributed by atoms with E-state index in [0.717, 1.165) is 0 Å². The summed E-state index contributed by atoms with van der Waals surface area (Å²) in [7, 11) is -2.67. The van der Waals surface area contributed by atoms with Gasteiger partial charge in [-0.05, 0) is 18.1 Å². The molecule has 3 aliphatic heterocycles. The first kappa shape index (κ1) is 39.7. The summed E-state index contributed by atoms with van der Waals surface area (Å²) in [4.78, 5) is 35.3. The minimum atomic E-state index is -4.35. The van der Waals surface area contributed by atoms with Crippen LogP contribution in [0.1, 0.15) is 33.2 Å². The number of fused-ring (bicyclic) bond motifs is 4. The van der Waals surface area contributed by atoms with Gasteiger partial charge in [-0.25, -0.2) is 39.0 Å². The smallest absolute Gasteiger partial charge is 0.386 e. The van der Waals surface area contributed by atoms with E-state index in [9.17, 15) is 14.0 Å². The van der Waals surface area contributed by atoms with Crippen LogP contribution >= 0.6 is 38.1 Å². The highest BCUT2D eigenvalue weighted by molar-refractivity contribution is 8.44. The van der Waals surface area contributed by atoms with E-state index < -0.39 is 76.9 Å². The van der Waals surface area contributed by atoms with E-state index in [1.54, 1.807) is 10.6 Å². The van der Waals surface area contributed by atoms with Crippen molar-refractivity contribution in [3.05, 3.63) is 38.0 Å². The zero-order chi connectivity index (χ0) is 39.0. The molecule has 7 heterocycles. The first-order valence-electron chi connectivity index (χ1n) is 16.7. The molecule has 54 heavy (non-hydrogen) atoms. The van der Waals surface area contributed by atoms with Gasteiger partial charge in [0.2, 0.25) is 0 Å². The number of aromatic nitrogens is 8. The fourth-order valence-corrected chi connectivity index (χ4v) is 9.98. The number of nitrogens with zero attached hydrogens (tertiary/aromatic N) is 8. The van der Waals surface area contributed by atoms with Crippen LogP contribution in [0.15, 0.2) is 38.0 Å². The lowest BCUT2D eigenvalue weighted by Gasteiger charge is -2.40. The molecule has 4 aromatic rings. The second-order valence-corrected chi connectivity index (χ2v) is 25.2. The molecule has 294 valence electrons. The van der Waals surface area contributed by atoms with Crippen molar-refractivity contribution in [1.82, 2.24) is 39.0 Å². The van der Waals surface area contributed by atoms with E-state index in [-0.39, 0.29) is 41.1 Å². The number of rotatable bonds is 13. The maximum Gasteiger partial charge on any atom is 0.386 e. The van der Waals surface area contributed by atoms with Gasteiger partial charge in [0.1, 0.15) is 53.7 Å². The topological polar surface area (TPSA) is 258 Å². The van der Waals surface area contributed by atoms with Crippen LogP contribution in [0.4, 0.5) is 11.6 Å². The first-order chi connectivity index (χ1) is 25.2. The molecule has 7 rings (SSSR count). The van der Waals surface area contributed by atoms with Crippen molar-refractivity contribution in [1.29, 1.82) is 0 Å². The SMILES string of the molecule is C=C[C@H]1[C@H]2OC[C@]1(COP(=O)(S)O[C@@H]1C(O[Si](C)(C)C(C)(C)C)[C@@H](COP(=O)(O)S)O[C@H]1n1cnc3c(N)ncnc31)O[C@H]2n1cnc2c(N)ncnc21. The molecule has 3 saturated heterocycles. The van der Waals surface area contributed by atoms with Crippen molar-refractivity contribution >= 4 is 80.4 Å². The number of anilines is 2. The highest BCUT2D eigenvalue weighted by Gasteiger charge is 2.62. The maximum absolute atomic E-state index is 14.4. The summed E-state index contributed by atoms with van der Waals surface area (Å²) >= 11 is 8.11. The molecular formula is C29H42N10O10P2S2Si. The van der Waals surface area contributed by atoms with Crippen LogP contribution in [-0.2, 0) is 41.3 Å². The molecule has 4 aromatic heterocycles. The van der Waals surface area contributed by atoms with Crippen LogP contribution < -0.4 is 11.5 Å². The number of imidazole rings is 2. The molecule has 0 aliphatic carbocycles. The van der Waals surface area contributed by atoms with Crippen LogP contribution in [0.3, 0.4) is 0 Å². The Morgan fingerprint density at radius 1 is 1.00 bits per heavy atom. The average molecular weight is 845 g/mol. The van der Waals surface area contributed by atoms with E-state index in [1.807, 2.05) is 33.9 Å². The van der Waals surface area contributed by atoms with E-state index in [1.165, 1.54) is 29.9 Å². The van der Waals surface area contributed by atoms with Crippen molar-refractivity contribution in [2.24, 2.45) is 5.92 Å². The summed E-state index contributed by atoms with van der Waals surface area (Å²) in [5.74, 6) is -0.0851. The normalized spacial score (nSPS) is 30.9. The van der Waals surface area contributed by atoms with Crippen molar-refractivity contribution in [2.45, 2.75) is 81.4 Å². The van der Waals surface area contributed by atoms with Crippen LogP contribution in [0, 0.1) is 5.92 Å². The van der Waals surface area contributed by atoms with Crippen molar-refractivity contribution < 1.29 is 46.2 Å². The molecule has 3 fully saturated rings. The molecule has 0 spiro atoms. The molecule has 3 unspecified atom stereocenters. The quantitative estimate of drug-likeness (QED) is 0.0550. The summed E-state index contributed by atoms with van der Waals surface area (Å²) in [6, 6.07) is 0. The van der Waals surface area contributed by atoms with E-state index in [4.69, 9.17) is 43.7 Å². The van der Waals surface area contributed by atoms with Gasteiger partial charge in [0.15, 0.2) is 43.7 Å². The molecule has 0 saturated carbocycles. The van der Waals surface area contributed by atoms with Gasteiger partial charge in [-0.2, -0.15) is 0 Å². The Kier molecular flexibility index (Phi) is 10.4. The summed E-state index contributed by atoms with van der Waals surface area (Å²) in [6.07, 6.45) is 1.55. The van der Waals surface area contributed by atoms with Gasteiger partial charge in [0.25, 0.3) is 0 Å². The third-order valence-corrected chi connectivity index (χ3v) is 17.3. The Morgan fingerprint density at radius 3 is 2.15 bits per heavy atom. The van der Waals surface area contributed by atoms with Crippen molar-refractivity contribution in [3.8, 4) is 0 Å². The molecule has 20 nitrogen and oxygen atoms in total. The predicted molar refractivity (Wildman–Crippen MR) is 204 cm³/mol. The molecule has 0 aromatic carbocycles. The molecule has 0 radical (unpaired) electrons. The Bertz CT molecular complexity index is 2170. The van der Waals surface area contributed by atoms with E-state index in [2.05, 4.69) is 61.0 Å². The third kappa shape index (κ3) is 7.28. The van der Waals surface area contributed by atoms with Gasteiger partial charge in [0, 0.05) is 5.92 Å². The van der Waals surface area contributed by atoms with Gasteiger partial charge >= 0.3 is 13.6 Å². The van der Waals surface area contributed by atoms with Crippen molar-refractivity contribution in [3.63, 3.8) is 0 Å². The average Bonchev–Trinajstić information content (AvgIpc) is 3.90. The van der Waals surface area contributed by atoms with Crippen molar-refractivity contribution in [2.75, 3.05) is 31.3 Å². The van der Waals surface area contributed by atoms with Gasteiger partial charge < -0.3 is 35.0 Å². The fourth-order valence-electron chi connectivity index (χ4n) is 6.65. The number of nitrogens with two attached hydrogens (primary N) is 2.